The van der Waals surface area contributed by atoms with E-state index in [9.17, 15) is 4.79 Å². The van der Waals surface area contributed by atoms with E-state index in [2.05, 4.69) is 19.1 Å². The number of aryl methyl sites for hydroxylation is 1. The summed E-state index contributed by atoms with van der Waals surface area (Å²) in [7, 11) is 0. The molecule has 2 heteroatoms. The smallest absolute Gasteiger partial charge is 0.140 e. The highest BCUT2D eigenvalue weighted by Gasteiger charge is 2.28. The summed E-state index contributed by atoms with van der Waals surface area (Å²) in [5, 5.41) is 0. The number of hydrogen-bond acceptors (Lipinski definition) is 2. The quantitative estimate of drug-likeness (QED) is 0.731. The second-order valence-electron chi connectivity index (χ2n) is 3.68. The van der Waals surface area contributed by atoms with E-state index >= 15 is 0 Å². The molecule has 0 N–H and O–H groups in total. The van der Waals surface area contributed by atoms with Gasteiger partial charge in [0, 0.05) is 12.8 Å². The van der Waals surface area contributed by atoms with Gasteiger partial charge in [0.15, 0.2) is 0 Å². The molecule has 0 aliphatic heterocycles. The van der Waals surface area contributed by atoms with Crippen molar-refractivity contribution in [3.8, 4) is 5.75 Å². The number of ketones is 1. The Balaban J connectivity index is 1.93. The Morgan fingerprint density at radius 1 is 1.29 bits per heavy atom. The molecule has 0 saturated heterocycles. The third kappa shape index (κ3) is 1.95. The molecule has 1 aromatic carbocycles. The van der Waals surface area contributed by atoms with Crippen molar-refractivity contribution in [1.82, 2.24) is 0 Å². The normalized spacial score (nSPS) is 16.5. The number of rotatable bonds is 3. The molecule has 0 unspecified atom stereocenters. The van der Waals surface area contributed by atoms with Crippen LogP contribution in [0.1, 0.15) is 25.3 Å². The molecule has 0 bridgehead atoms. The zero-order valence-corrected chi connectivity index (χ0v) is 8.32. The number of benzene rings is 1. The molecule has 2 nitrogen and oxygen atoms in total. The largest absolute Gasteiger partial charge is 0.490 e. The van der Waals surface area contributed by atoms with Crippen LogP contribution in [0.2, 0.25) is 0 Å². The van der Waals surface area contributed by atoms with Crippen LogP contribution in [0.25, 0.3) is 0 Å². The van der Waals surface area contributed by atoms with Gasteiger partial charge in [0.25, 0.3) is 0 Å². The summed E-state index contributed by atoms with van der Waals surface area (Å²) >= 11 is 0. The molecule has 1 aliphatic carbocycles. The lowest BCUT2D eigenvalue weighted by Crippen LogP contribution is -2.33. The Morgan fingerprint density at radius 2 is 1.93 bits per heavy atom. The standard InChI is InChI=1S/C12H14O2/c1-2-9-3-5-11(6-4-9)14-12-7-10(13)8-12/h3-6,12H,2,7-8H2,1H3. The maximum Gasteiger partial charge on any atom is 0.140 e. The van der Waals surface area contributed by atoms with Gasteiger partial charge in [-0.15, -0.1) is 0 Å². The second kappa shape index (κ2) is 3.82. The van der Waals surface area contributed by atoms with E-state index in [4.69, 9.17) is 4.74 Å². The van der Waals surface area contributed by atoms with Gasteiger partial charge in [-0.2, -0.15) is 0 Å². The van der Waals surface area contributed by atoms with Crippen LogP contribution in [0.5, 0.6) is 5.75 Å². The highest BCUT2D eigenvalue weighted by molar-refractivity contribution is 5.85. The molecule has 0 heterocycles. The summed E-state index contributed by atoms with van der Waals surface area (Å²) in [5.74, 6) is 1.18. The van der Waals surface area contributed by atoms with Gasteiger partial charge in [-0.3, -0.25) is 4.79 Å². The third-order valence-corrected chi connectivity index (χ3v) is 2.55. The molecule has 0 aromatic heterocycles. The van der Waals surface area contributed by atoms with Crippen LogP contribution in [-0.4, -0.2) is 11.9 Å². The first kappa shape index (κ1) is 9.25. The van der Waals surface area contributed by atoms with Crippen molar-refractivity contribution < 1.29 is 9.53 Å². The Labute approximate surface area is 83.9 Å². The molecule has 0 atom stereocenters. The molecule has 1 aliphatic rings. The number of hydrogen-bond donors (Lipinski definition) is 0. The van der Waals surface area contributed by atoms with Crippen LogP contribution in [0.15, 0.2) is 24.3 Å². The van der Waals surface area contributed by atoms with E-state index < -0.39 is 0 Å². The van der Waals surface area contributed by atoms with E-state index in [0.29, 0.717) is 18.6 Å². The van der Waals surface area contributed by atoms with Crippen LogP contribution < -0.4 is 4.74 Å². The summed E-state index contributed by atoms with van der Waals surface area (Å²) in [4.78, 5) is 10.7. The molecule has 74 valence electrons. The van der Waals surface area contributed by atoms with Gasteiger partial charge in [0.05, 0.1) is 0 Å². The zero-order chi connectivity index (χ0) is 9.97. The lowest BCUT2D eigenvalue weighted by atomic mass is 9.94. The Morgan fingerprint density at radius 3 is 2.43 bits per heavy atom. The molecule has 1 saturated carbocycles. The molecule has 0 amide bonds. The van der Waals surface area contributed by atoms with Gasteiger partial charge in [-0.1, -0.05) is 19.1 Å². The van der Waals surface area contributed by atoms with Gasteiger partial charge in [-0.25, -0.2) is 0 Å². The summed E-state index contributed by atoms with van der Waals surface area (Å²) in [5.41, 5.74) is 1.31. The van der Waals surface area contributed by atoms with Gasteiger partial charge < -0.3 is 4.74 Å². The van der Waals surface area contributed by atoms with Crippen LogP contribution in [0.3, 0.4) is 0 Å². The molecular weight excluding hydrogens is 176 g/mol. The average molecular weight is 190 g/mol. The molecular formula is C12H14O2. The minimum atomic E-state index is 0.120. The SMILES string of the molecule is CCc1ccc(OC2CC(=O)C2)cc1. The fourth-order valence-corrected chi connectivity index (χ4v) is 1.53. The lowest BCUT2D eigenvalue weighted by Gasteiger charge is -2.25. The van der Waals surface area contributed by atoms with Crippen LogP contribution in [-0.2, 0) is 11.2 Å². The van der Waals surface area contributed by atoms with Crippen LogP contribution in [0, 0.1) is 0 Å². The van der Waals surface area contributed by atoms with E-state index in [-0.39, 0.29) is 6.10 Å². The zero-order valence-electron chi connectivity index (χ0n) is 8.32. The van der Waals surface area contributed by atoms with E-state index in [1.807, 2.05) is 12.1 Å². The van der Waals surface area contributed by atoms with Crippen molar-refractivity contribution >= 4 is 5.78 Å². The fraction of sp³-hybridized carbons (Fsp3) is 0.417. The average Bonchev–Trinajstić information content (AvgIpc) is 2.17. The number of ether oxygens (including phenoxy) is 1. The Kier molecular flexibility index (Phi) is 2.53. The lowest BCUT2D eigenvalue weighted by molar-refractivity contribution is -0.129. The predicted octanol–water partition coefficient (Wildman–Crippen LogP) is 2.36. The van der Waals surface area contributed by atoms with Crippen LogP contribution >= 0.6 is 0 Å². The monoisotopic (exact) mass is 190 g/mol. The summed E-state index contributed by atoms with van der Waals surface area (Å²) in [6.07, 6.45) is 2.32. The van der Waals surface area contributed by atoms with Gasteiger partial charge >= 0.3 is 0 Å². The fourth-order valence-electron chi connectivity index (χ4n) is 1.53. The van der Waals surface area contributed by atoms with Crippen molar-refractivity contribution in [3.63, 3.8) is 0 Å². The van der Waals surface area contributed by atoms with E-state index in [0.717, 1.165) is 12.2 Å². The Hall–Kier alpha value is -1.31. The highest BCUT2D eigenvalue weighted by Crippen LogP contribution is 2.22. The summed E-state index contributed by atoms with van der Waals surface area (Å²) in [6.45, 7) is 2.13. The van der Waals surface area contributed by atoms with E-state index in [1.165, 1.54) is 5.56 Å². The third-order valence-electron chi connectivity index (χ3n) is 2.55. The summed E-state index contributed by atoms with van der Waals surface area (Å²) < 4.78 is 5.60. The number of Topliss-reactive ketones (excluding diaryl/α,β-unsaturated/α-hetero) is 1. The first-order valence-electron chi connectivity index (χ1n) is 5.05. The topological polar surface area (TPSA) is 26.3 Å². The van der Waals surface area contributed by atoms with Gasteiger partial charge in [0.1, 0.15) is 17.6 Å². The maximum absolute atomic E-state index is 10.7. The predicted molar refractivity (Wildman–Crippen MR) is 54.5 cm³/mol. The minimum absolute atomic E-state index is 0.120. The van der Waals surface area contributed by atoms with Gasteiger partial charge in [-0.05, 0) is 24.1 Å². The molecule has 14 heavy (non-hydrogen) atoms. The Bertz CT molecular complexity index is 319. The minimum Gasteiger partial charge on any atom is -0.490 e. The second-order valence-corrected chi connectivity index (χ2v) is 3.68. The number of carbonyl (C=O) groups excluding carboxylic acids is 1. The van der Waals surface area contributed by atoms with Crippen molar-refractivity contribution in [3.05, 3.63) is 29.8 Å². The van der Waals surface area contributed by atoms with Gasteiger partial charge in [0.2, 0.25) is 0 Å². The van der Waals surface area contributed by atoms with Crippen molar-refractivity contribution in [2.45, 2.75) is 32.3 Å². The molecule has 0 radical (unpaired) electrons. The van der Waals surface area contributed by atoms with Crippen molar-refractivity contribution in [2.75, 3.05) is 0 Å². The molecule has 2 rings (SSSR count). The molecule has 1 aromatic rings. The van der Waals surface area contributed by atoms with Crippen molar-refractivity contribution in [1.29, 1.82) is 0 Å². The summed E-state index contributed by atoms with van der Waals surface area (Å²) in [6, 6.07) is 8.08. The first-order valence-corrected chi connectivity index (χ1v) is 5.05. The maximum atomic E-state index is 10.7. The van der Waals surface area contributed by atoms with Crippen LogP contribution in [0.4, 0.5) is 0 Å². The number of carbonyl (C=O) groups is 1. The molecule has 1 fully saturated rings. The highest BCUT2D eigenvalue weighted by atomic mass is 16.5. The first-order chi connectivity index (χ1) is 6.78. The molecule has 0 spiro atoms. The van der Waals surface area contributed by atoms with E-state index in [1.54, 1.807) is 0 Å². The van der Waals surface area contributed by atoms with Crippen molar-refractivity contribution in [2.24, 2.45) is 0 Å².